The maximum atomic E-state index is 11.8. The second kappa shape index (κ2) is 5.01. The molecule has 0 aliphatic carbocycles. The average Bonchev–Trinajstić information content (AvgIpc) is 2.47. The van der Waals surface area contributed by atoms with Crippen molar-refractivity contribution in [3.8, 4) is 22.6 Å². The number of benzene rings is 2. The number of nitrogen functional groups attached to an aromatic ring is 1. The van der Waals surface area contributed by atoms with Crippen LogP contribution in [0.4, 0.5) is 5.69 Å². The number of aromatic amines is 1. The monoisotopic (exact) mass is 263 g/mol. The Morgan fingerprint density at radius 3 is 2.40 bits per heavy atom. The molecule has 4 nitrogen and oxygen atoms in total. The molecule has 0 aliphatic rings. The van der Waals surface area contributed by atoms with Crippen molar-refractivity contribution >= 4 is 5.69 Å². The van der Waals surface area contributed by atoms with Crippen molar-refractivity contribution in [3.63, 3.8) is 0 Å². The third-order valence-electron chi connectivity index (χ3n) is 2.97. The number of hydrogen-bond donors (Lipinski definition) is 2. The SMILES string of the molecule is Nc1cccc(-c2cc(=O)[nH]c(-c3ccccc3)n2)c1. The third kappa shape index (κ3) is 2.44. The number of rotatable bonds is 2. The Morgan fingerprint density at radius 2 is 1.65 bits per heavy atom. The molecule has 0 unspecified atom stereocenters. The van der Waals surface area contributed by atoms with Crippen LogP contribution < -0.4 is 11.3 Å². The highest BCUT2D eigenvalue weighted by Gasteiger charge is 2.06. The quantitative estimate of drug-likeness (QED) is 0.698. The molecule has 98 valence electrons. The van der Waals surface area contributed by atoms with Gasteiger partial charge in [0.1, 0.15) is 5.82 Å². The van der Waals surface area contributed by atoms with Gasteiger partial charge in [0, 0.05) is 22.9 Å². The van der Waals surface area contributed by atoms with Gasteiger partial charge in [0.2, 0.25) is 0 Å². The first kappa shape index (κ1) is 12.2. The molecule has 0 bridgehead atoms. The molecule has 20 heavy (non-hydrogen) atoms. The Morgan fingerprint density at radius 1 is 0.900 bits per heavy atom. The summed E-state index contributed by atoms with van der Waals surface area (Å²) in [7, 11) is 0. The summed E-state index contributed by atoms with van der Waals surface area (Å²) in [5.41, 5.74) is 8.54. The summed E-state index contributed by atoms with van der Waals surface area (Å²) in [4.78, 5) is 19.1. The van der Waals surface area contributed by atoms with Crippen LogP contribution in [0.15, 0.2) is 65.5 Å². The van der Waals surface area contributed by atoms with Crippen molar-refractivity contribution < 1.29 is 0 Å². The van der Waals surface area contributed by atoms with Gasteiger partial charge in [-0.15, -0.1) is 0 Å². The number of nitrogens with two attached hydrogens (primary N) is 1. The van der Waals surface area contributed by atoms with Crippen LogP contribution in [-0.4, -0.2) is 9.97 Å². The number of H-pyrrole nitrogens is 1. The predicted octanol–water partition coefficient (Wildman–Crippen LogP) is 2.69. The van der Waals surface area contributed by atoms with Crippen LogP contribution in [0.5, 0.6) is 0 Å². The van der Waals surface area contributed by atoms with Crippen LogP contribution in [0, 0.1) is 0 Å². The van der Waals surface area contributed by atoms with Crippen molar-refractivity contribution in [2.24, 2.45) is 0 Å². The Balaban J connectivity index is 2.15. The molecule has 4 heteroatoms. The summed E-state index contributed by atoms with van der Waals surface area (Å²) < 4.78 is 0. The molecule has 3 N–H and O–H groups in total. The predicted molar refractivity (Wildman–Crippen MR) is 80.1 cm³/mol. The van der Waals surface area contributed by atoms with Gasteiger partial charge in [0.05, 0.1) is 5.69 Å². The van der Waals surface area contributed by atoms with E-state index in [4.69, 9.17) is 5.73 Å². The number of aromatic nitrogens is 2. The van der Waals surface area contributed by atoms with Crippen molar-refractivity contribution in [2.45, 2.75) is 0 Å². The van der Waals surface area contributed by atoms with E-state index in [9.17, 15) is 4.79 Å². The molecule has 0 amide bonds. The fourth-order valence-corrected chi connectivity index (χ4v) is 2.04. The molecule has 1 heterocycles. The molecular weight excluding hydrogens is 250 g/mol. The Kier molecular flexibility index (Phi) is 3.05. The largest absolute Gasteiger partial charge is 0.399 e. The van der Waals surface area contributed by atoms with Crippen LogP contribution in [0.2, 0.25) is 0 Å². The van der Waals surface area contributed by atoms with Gasteiger partial charge in [-0.1, -0.05) is 42.5 Å². The Bertz CT molecular complexity index is 794. The molecule has 0 atom stereocenters. The molecule has 3 aromatic rings. The number of nitrogens with zero attached hydrogens (tertiary/aromatic N) is 1. The van der Waals surface area contributed by atoms with E-state index in [1.165, 1.54) is 6.07 Å². The van der Waals surface area contributed by atoms with Crippen molar-refractivity contribution in [2.75, 3.05) is 5.73 Å². The van der Waals surface area contributed by atoms with Gasteiger partial charge in [-0.2, -0.15) is 0 Å². The van der Waals surface area contributed by atoms with Crippen LogP contribution in [-0.2, 0) is 0 Å². The van der Waals surface area contributed by atoms with Gasteiger partial charge >= 0.3 is 0 Å². The fraction of sp³-hybridized carbons (Fsp3) is 0. The molecule has 0 radical (unpaired) electrons. The van der Waals surface area contributed by atoms with E-state index >= 15 is 0 Å². The highest BCUT2D eigenvalue weighted by molar-refractivity contribution is 5.66. The summed E-state index contributed by atoms with van der Waals surface area (Å²) in [6.07, 6.45) is 0. The maximum absolute atomic E-state index is 11.8. The van der Waals surface area contributed by atoms with Gasteiger partial charge in [0.15, 0.2) is 0 Å². The zero-order valence-corrected chi connectivity index (χ0v) is 10.7. The summed E-state index contributed by atoms with van der Waals surface area (Å²) >= 11 is 0. The zero-order valence-electron chi connectivity index (χ0n) is 10.7. The summed E-state index contributed by atoms with van der Waals surface area (Å²) in [5, 5.41) is 0. The van der Waals surface area contributed by atoms with Crippen molar-refractivity contribution in [3.05, 3.63) is 71.0 Å². The second-order valence-corrected chi connectivity index (χ2v) is 4.47. The minimum Gasteiger partial charge on any atom is -0.399 e. The molecule has 0 spiro atoms. The molecule has 0 saturated carbocycles. The minimum atomic E-state index is -0.184. The van der Waals surface area contributed by atoms with Gasteiger partial charge in [0.25, 0.3) is 5.56 Å². The molecule has 0 aliphatic heterocycles. The van der Waals surface area contributed by atoms with Gasteiger partial charge < -0.3 is 10.7 Å². The first-order chi connectivity index (χ1) is 9.72. The van der Waals surface area contributed by atoms with Gasteiger partial charge in [-0.05, 0) is 12.1 Å². The van der Waals surface area contributed by atoms with E-state index in [-0.39, 0.29) is 5.56 Å². The van der Waals surface area contributed by atoms with E-state index in [2.05, 4.69) is 9.97 Å². The number of anilines is 1. The van der Waals surface area contributed by atoms with E-state index in [1.54, 1.807) is 12.1 Å². The van der Waals surface area contributed by atoms with Gasteiger partial charge in [-0.3, -0.25) is 4.79 Å². The summed E-state index contributed by atoms with van der Waals surface area (Å²) in [6, 6.07) is 18.3. The maximum Gasteiger partial charge on any atom is 0.251 e. The molecular formula is C16H13N3O. The third-order valence-corrected chi connectivity index (χ3v) is 2.97. The van der Waals surface area contributed by atoms with Crippen molar-refractivity contribution in [1.82, 2.24) is 9.97 Å². The average molecular weight is 263 g/mol. The smallest absolute Gasteiger partial charge is 0.251 e. The standard InChI is InChI=1S/C16H13N3O/c17-13-8-4-7-12(9-13)14-10-15(20)19-16(18-14)11-5-2-1-3-6-11/h1-10H,17H2,(H,18,19,20). The Hall–Kier alpha value is -2.88. The Labute approximate surface area is 115 Å². The number of hydrogen-bond acceptors (Lipinski definition) is 3. The van der Waals surface area contributed by atoms with Crippen LogP contribution in [0.25, 0.3) is 22.6 Å². The van der Waals surface area contributed by atoms with Crippen molar-refractivity contribution in [1.29, 1.82) is 0 Å². The van der Waals surface area contributed by atoms with E-state index in [0.717, 1.165) is 11.1 Å². The first-order valence-electron chi connectivity index (χ1n) is 6.25. The lowest BCUT2D eigenvalue weighted by molar-refractivity contribution is 1.13. The summed E-state index contributed by atoms with van der Waals surface area (Å²) in [6.45, 7) is 0. The highest BCUT2D eigenvalue weighted by Crippen LogP contribution is 2.20. The molecule has 3 rings (SSSR count). The lowest BCUT2D eigenvalue weighted by atomic mass is 10.1. The summed E-state index contributed by atoms with van der Waals surface area (Å²) in [5.74, 6) is 0.551. The number of nitrogens with one attached hydrogen (secondary N) is 1. The van der Waals surface area contributed by atoms with E-state index in [1.807, 2.05) is 42.5 Å². The normalized spacial score (nSPS) is 10.4. The van der Waals surface area contributed by atoms with Gasteiger partial charge in [-0.25, -0.2) is 4.98 Å². The molecule has 0 saturated heterocycles. The fourth-order valence-electron chi connectivity index (χ4n) is 2.04. The lowest BCUT2D eigenvalue weighted by Crippen LogP contribution is -2.08. The molecule has 1 aromatic heterocycles. The molecule has 0 fully saturated rings. The minimum absolute atomic E-state index is 0.184. The highest BCUT2D eigenvalue weighted by atomic mass is 16.1. The van der Waals surface area contributed by atoms with Crippen LogP contribution in [0.1, 0.15) is 0 Å². The molecule has 2 aromatic carbocycles. The van der Waals surface area contributed by atoms with Crippen LogP contribution in [0.3, 0.4) is 0 Å². The van der Waals surface area contributed by atoms with E-state index < -0.39 is 0 Å². The van der Waals surface area contributed by atoms with E-state index in [0.29, 0.717) is 17.2 Å². The second-order valence-electron chi connectivity index (χ2n) is 4.47. The first-order valence-corrected chi connectivity index (χ1v) is 6.25. The topological polar surface area (TPSA) is 71.8 Å². The van der Waals surface area contributed by atoms with Crippen LogP contribution >= 0.6 is 0 Å². The zero-order chi connectivity index (χ0) is 13.9. The lowest BCUT2D eigenvalue weighted by Gasteiger charge is -2.05.